The third-order valence-electron chi connectivity index (χ3n) is 5.11. The highest BCUT2D eigenvalue weighted by Crippen LogP contribution is 2.66. The number of hydrogen-bond acceptors (Lipinski definition) is 4. The Morgan fingerprint density at radius 1 is 1.41 bits per heavy atom. The Labute approximate surface area is 128 Å². The van der Waals surface area contributed by atoms with Gasteiger partial charge in [-0.1, -0.05) is 19.8 Å². The van der Waals surface area contributed by atoms with Crippen molar-refractivity contribution in [3.63, 3.8) is 0 Å². The number of amides is 1. The first-order valence-electron chi connectivity index (χ1n) is 7.60. The molecule has 116 valence electrons. The molecule has 3 rings (SSSR count). The monoisotopic (exact) mass is 301 g/mol. The number of benzene rings is 1. The van der Waals surface area contributed by atoms with Crippen LogP contribution in [0.4, 0.5) is 5.69 Å². The van der Waals surface area contributed by atoms with Gasteiger partial charge in [-0.3, -0.25) is 14.9 Å². The zero-order valence-corrected chi connectivity index (χ0v) is 12.5. The van der Waals surface area contributed by atoms with E-state index in [0.29, 0.717) is 11.5 Å². The number of hydrazone groups is 1. The number of carbonyl (C=O) groups excluding carboxylic acids is 1. The van der Waals surface area contributed by atoms with Crippen LogP contribution in [0.1, 0.15) is 38.2 Å². The van der Waals surface area contributed by atoms with Crippen molar-refractivity contribution in [2.45, 2.75) is 32.6 Å². The number of rotatable bonds is 4. The molecule has 1 aromatic rings. The molecule has 0 aliphatic heterocycles. The minimum absolute atomic E-state index is 0.00689. The van der Waals surface area contributed by atoms with Crippen LogP contribution < -0.4 is 5.43 Å². The topological polar surface area (TPSA) is 84.6 Å². The van der Waals surface area contributed by atoms with Crippen LogP contribution in [-0.2, 0) is 4.79 Å². The molecule has 1 amide bonds. The van der Waals surface area contributed by atoms with E-state index in [-0.39, 0.29) is 22.9 Å². The van der Waals surface area contributed by atoms with Crippen molar-refractivity contribution in [3.05, 3.63) is 39.9 Å². The lowest BCUT2D eigenvalue weighted by molar-refractivity contribution is -0.384. The molecule has 2 saturated carbocycles. The molecular formula is C16H19N3O3. The fourth-order valence-electron chi connectivity index (χ4n) is 3.77. The maximum absolute atomic E-state index is 12.2. The van der Waals surface area contributed by atoms with Gasteiger partial charge in [-0.25, -0.2) is 5.43 Å². The van der Waals surface area contributed by atoms with E-state index in [1.54, 1.807) is 12.1 Å². The standard InChI is InChI=1S/C16H19N3O3/c1-16-9-3-2-4-13(16)14(16)15(20)18-17-10-11-5-7-12(8-6-11)19(21)22/h5-8,10,13-14H,2-4,9H2,1H3,(H,18,20)/t13-,14+,16-/m0/s1. The van der Waals surface area contributed by atoms with Crippen LogP contribution in [0, 0.1) is 27.4 Å². The minimum atomic E-state index is -0.446. The van der Waals surface area contributed by atoms with E-state index in [1.165, 1.54) is 31.2 Å². The van der Waals surface area contributed by atoms with Crippen molar-refractivity contribution in [1.29, 1.82) is 0 Å². The van der Waals surface area contributed by atoms with Crippen molar-refractivity contribution in [1.82, 2.24) is 5.43 Å². The quantitative estimate of drug-likeness (QED) is 0.527. The summed E-state index contributed by atoms with van der Waals surface area (Å²) in [7, 11) is 0. The Balaban J connectivity index is 1.56. The summed E-state index contributed by atoms with van der Waals surface area (Å²) in [5, 5.41) is 14.5. The van der Waals surface area contributed by atoms with E-state index in [9.17, 15) is 14.9 Å². The SMILES string of the molecule is C[C@]12CCCC[C@H]1[C@@H]2C(=O)NN=Cc1ccc([N+](=O)[O-])cc1. The molecule has 0 spiro atoms. The average molecular weight is 301 g/mol. The van der Waals surface area contributed by atoms with Gasteiger partial charge in [0.15, 0.2) is 0 Å². The summed E-state index contributed by atoms with van der Waals surface area (Å²) in [5.74, 6) is 0.590. The summed E-state index contributed by atoms with van der Waals surface area (Å²) in [5.41, 5.74) is 3.53. The number of carbonyl (C=O) groups is 1. The number of hydrogen-bond donors (Lipinski definition) is 1. The van der Waals surface area contributed by atoms with E-state index in [0.717, 1.165) is 12.8 Å². The van der Waals surface area contributed by atoms with Gasteiger partial charge in [0, 0.05) is 18.1 Å². The number of nitro groups is 1. The molecule has 0 heterocycles. The Bertz CT molecular complexity index is 626. The van der Waals surface area contributed by atoms with Crippen LogP contribution in [0.15, 0.2) is 29.4 Å². The fourth-order valence-corrected chi connectivity index (χ4v) is 3.77. The lowest BCUT2D eigenvalue weighted by atomic mass is 9.90. The summed E-state index contributed by atoms with van der Waals surface area (Å²) in [6.45, 7) is 2.20. The molecule has 6 heteroatoms. The van der Waals surface area contributed by atoms with Gasteiger partial charge in [-0.15, -0.1) is 0 Å². The molecule has 0 bridgehead atoms. The number of nitrogens with one attached hydrogen (secondary N) is 1. The fraction of sp³-hybridized carbons (Fsp3) is 0.500. The predicted molar refractivity (Wildman–Crippen MR) is 82.4 cm³/mol. The lowest BCUT2D eigenvalue weighted by Crippen LogP contribution is -2.22. The van der Waals surface area contributed by atoms with Crippen LogP contribution >= 0.6 is 0 Å². The first-order valence-corrected chi connectivity index (χ1v) is 7.60. The van der Waals surface area contributed by atoms with Gasteiger partial charge in [0.2, 0.25) is 5.91 Å². The van der Waals surface area contributed by atoms with Gasteiger partial charge in [-0.05, 0) is 41.9 Å². The van der Waals surface area contributed by atoms with E-state index in [1.807, 2.05) is 0 Å². The molecule has 0 unspecified atom stereocenters. The normalized spacial score (nSPS) is 29.9. The first kappa shape index (κ1) is 14.7. The zero-order valence-electron chi connectivity index (χ0n) is 12.5. The van der Waals surface area contributed by atoms with Crippen LogP contribution in [0.2, 0.25) is 0 Å². The lowest BCUT2D eigenvalue weighted by Gasteiger charge is -2.15. The molecule has 2 aliphatic rings. The van der Waals surface area contributed by atoms with E-state index >= 15 is 0 Å². The third kappa shape index (κ3) is 2.61. The van der Waals surface area contributed by atoms with Crippen LogP contribution in [0.5, 0.6) is 0 Å². The van der Waals surface area contributed by atoms with E-state index in [4.69, 9.17) is 0 Å². The Hall–Kier alpha value is -2.24. The number of nitrogens with zero attached hydrogens (tertiary/aromatic N) is 2. The van der Waals surface area contributed by atoms with Gasteiger partial charge < -0.3 is 0 Å². The van der Waals surface area contributed by atoms with Crippen LogP contribution in [-0.4, -0.2) is 17.0 Å². The summed E-state index contributed by atoms with van der Waals surface area (Å²) < 4.78 is 0. The highest BCUT2D eigenvalue weighted by molar-refractivity contribution is 5.86. The highest BCUT2D eigenvalue weighted by Gasteiger charge is 2.64. The second-order valence-corrected chi connectivity index (χ2v) is 6.42. The number of non-ortho nitro benzene ring substituents is 1. The third-order valence-corrected chi connectivity index (χ3v) is 5.11. The zero-order chi connectivity index (χ0) is 15.7. The Morgan fingerprint density at radius 2 is 2.14 bits per heavy atom. The van der Waals surface area contributed by atoms with Crippen molar-refractivity contribution in [3.8, 4) is 0 Å². The maximum atomic E-state index is 12.2. The maximum Gasteiger partial charge on any atom is 0.269 e. The van der Waals surface area contributed by atoms with Gasteiger partial charge in [0.1, 0.15) is 0 Å². The van der Waals surface area contributed by atoms with Crippen LogP contribution in [0.3, 0.4) is 0 Å². The molecule has 2 fully saturated rings. The molecular weight excluding hydrogens is 282 g/mol. The molecule has 1 N–H and O–H groups in total. The van der Waals surface area contributed by atoms with Gasteiger partial charge >= 0.3 is 0 Å². The van der Waals surface area contributed by atoms with E-state index in [2.05, 4.69) is 17.5 Å². The summed E-state index contributed by atoms with van der Waals surface area (Å²) in [6.07, 6.45) is 6.21. The van der Waals surface area contributed by atoms with Crippen molar-refractivity contribution in [2.75, 3.05) is 0 Å². The second-order valence-electron chi connectivity index (χ2n) is 6.42. The predicted octanol–water partition coefficient (Wildman–Crippen LogP) is 2.87. The molecule has 0 saturated heterocycles. The van der Waals surface area contributed by atoms with Gasteiger partial charge in [-0.2, -0.15) is 5.10 Å². The molecule has 1 aromatic carbocycles. The second kappa shape index (κ2) is 5.51. The van der Waals surface area contributed by atoms with Gasteiger partial charge in [0.25, 0.3) is 5.69 Å². The molecule has 0 aromatic heterocycles. The van der Waals surface area contributed by atoms with Crippen molar-refractivity contribution >= 4 is 17.8 Å². The summed E-state index contributed by atoms with van der Waals surface area (Å²) in [6, 6.07) is 6.04. The molecule has 0 radical (unpaired) electrons. The Kier molecular flexibility index (Phi) is 3.68. The largest absolute Gasteiger partial charge is 0.273 e. The molecule has 2 aliphatic carbocycles. The van der Waals surface area contributed by atoms with Crippen molar-refractivity contribution in [2.24, 2.45) is 22.4 Å². The Morgan fingerprint density at radius 3 is 2.73 bits per heavy atom. The van der Waals surface area contributed by atoms with E-state index < -0.39 is 4.92 Å². The average Bonchev–Trinajstić information content (AvgIpc) is 3.13. The summed E-state index contributed by atoms with van der Waals surface area (Å²) in [4.78, 5) is 22.3. The smallest absolute Gasteiger partial charge is 0.269 e. The number of fused-ring (bicyclic) bond motifs is 1. The molecule has 6 nitrogen and oxygen atoms in total. The minimum Gasteiger partial charge on any atom is -0.273 e. The molecule has 22 heavy (non-hydrogen) atoms. The van der Waals surface area contributed by atoms with Gasteiger partial charge in [0.05, 0.1) is 11.1 Å². The van der Waals surface area contributed by atoms with Crippen LogP contribution in [0.25, 0.3) is 0 Å². The number of nitro benzene ring substituents is 1. The molecule has 3 atom stereocenters. The first-order chi connectivity index (χ1) is 10.5. The summed E-state index contributed by atoms with van der Waals surface area (Å²) >= 11 is 0. The van der Waals surface area contributed by atoms with Crippen molar-refractivity contribution < 1.29 is 9.72 Å². The highest BCUT2D eigenvalue weighted by atomic mass is 16.6.